The minimum absolute atomic E-state index is 0.375. The van der Waals surface area contributed by atoms with Crippen molar-refractivity contribution in [1.29, 1.82) is 0 Å². The van der Waals surface area contributed by atoms with Gasteiger partial charge >= 0.3 is 23.7 Å². The summed E-state index contributed by atoms with van der Waals surface area (Å²) in [5.41, 5.74) is 0. The molecule has 0 aliphatic carbocycles. The first-order chi connectivity index (χ1) is 7.25. The zero-order valence-corrected chi connectivity index (χ0v) is 12.0. The van der Waals surface area contributed by atoms with E-state index >= 15 is 0 Å². The molecule has 0 aromatic heterocycles. The average molecular weight is 272 g/mol. The SMILES string of the molecule is CC(O)CC(C)O.CC(O)CC(C)O.[O]=[Ti]. The molecule has 98 valence electrons. The van der Waals surface area contributed by atoms with Crippen molar-refractivity contribution in [1.82, 2.24) is 0 Å². The van der Waals surface area contributed by atoms with Crippen LogP contribution in [0.1, 0.15) is 40.5 Å². The third kappa shape index (κ3) is 36.7. The molecule has 6 heteroatoms. The van der Waals surface area contributed by atoms with E-state index in [4.69, 9.17) is 23.8 Å². The number of aliphatic hydroxyl groups is 4. The monoisotopic (exact) mass is 272 g/mol. The van der Waals surface area contributed by atoms with E-state index in [2.05, 4.69) is 0 Å². The Bertz CT molecular complexity index is 102. The summed E-state index contributed by atoms with van der Waals surface area (Å²) in [5, 5.41) is 34.3. The quantitative estimate of drug-likeness (QED) is 0.546. The predicted octanol–water partition coefficient (Wildman–Crippen LogP) is 0.155. The second-order valence-corrected chi connectivity index (χ2v) is 3.87. The summed E-state index contributed by atoms with van der Waals surface area (Å²) in [6.07, 6.45) is -0.556. The fourth-order valence-electron chi connectivity index (χ4n) is 0.987. The van der Waals surface area contributed by atoms with Gasteiger partial charge in [-0.2, -0.15) is 0 Å². The molecule has 0 radical (unpaired) electrons. The van der Waals surface area contributed by atoms with E-state index in [1.807, 2.05) is 0 Å². The fourth-order valence-corrected chi connectivity index (χ4v) is 0.987. The fraction of sp³-hybridized carbons (Fsp3) is 1.00. The molecule has 4 atom stereocenters. The maximum absolute atomic E-state index is 8.56. The van der Waals surface area contributed by atoms with Crippen LogP contribution in [0.2, 0.25) is 0 Å². The first-order valence-corrected chi connectivity index (χ1v) is 5.82. The predicted molar refractivity (Wildman–Crippen MR) is 56.6 cm³/mol. The van der Waals surface area contributed by atoms with Gasteiger partial charge in [0.1, 0.15) is 0 Å². The van der Waals surface area contributed by atoms with Crippen molar-refractivity contribution in [3.8, 4) is 0 Å². The van der Waals surface area contributed by atoms with Gasteiger partial charge in [0, 0.05) is 0 Å². The van der Waals surface area contributed by atoms with Crippen LogP contribution in [-0.4, -0.2) is 44.8 Å². The second-order valence-electron chi connectivity index (χ2n) is 3.87. The van der Waals surface area contributed by atoms with E-state index in [1.165, 1.54) is 0 Å². The molecule has 0 amide bonds. The molecule has 4 N–H and O–H groups in total. The Hall–Kier alpha value is 0.354. The van der Waals surface area contributed by atoms with Crippen molar-refractivity contribution < 1.29 is 44.2 Å². The number of hydrogen-bond acceptors (Lipinski definition) is 5. The van der Waals surface area contributed by atoms with Gasteiger partial charge in [0.25, 0.3) is 0 Å². The Labute approximate surface area is 109 Å². The van der Waals surface area contributed by atoms with Crippen LogP contribution in [0.5, 0.6) is 0 Å². The van der Waals surface area contributed by atoms with Gasteiger partial charge in [0.2, 0.25) is 0 Å². The van der Waals surface area contributed by atoms with Crippen molar-refractivity contribution in [2.24, 2.45) is 0 Å². The normalized spacial score (nSPS) is 16.7. The molecule has 0 fully saturated rings. The molecular formula is C10H24O5Ti. The minimum atomic E-state index is -0.375. The summed E-state index contributed by atoms with van der Waals surface area (Å²) in [4.78, 5) is 0. The molecule has 0 aromatic rings. The zero-order chi connectivity index (χ0) is 13.7. The topological polar surface area (TPSA) is 98.0 Å². The third-order valence-corrected chi connectivity index (χ3v) is 1.36. The first-order valence-electron chi connectivity index (χ1n) is 5.18. The molecule has 0 heterocycles. The molecule has 0 aromatic carbocycles. The summed E-state index contributed by atoms with van der Waals surface area (Å²) in [6.45, 7) is 6.64. The molecule has 0 saturated heterocycles. The number of aliphatic hydroxyl groups excluding tert-OH is 4. The van der Waals surface area contributed by atoms with Crippen molar-refractivity contribution in [2.45, 2.75) is 65.0 Å². The molecule has 16 heavy (non-hydrogen) atoms. The van der Waals surface area contributed by atoms with Crippen LogP contribution in [0.25, 0.3) is 0 Å². The van der Waals surface area contributed by atoms with Gasteiger partial charge in [-0.05, 0) is 40.5 Å². The van der Waals surface area contributed by atoms with Crippen LogP contribution in [0, 0.1) is 0 Å². The van der Waals surface area contributed by atoms with Crippen LogP contribution in [0.3, 0.4) is 0 Å². The van der Waals surface area contributed by atoms with Gasteiger partial charge in [-0.15, -0.1) is 0 Å². The van der Waals surface area contributed by atoms with Gasteiger partial charge in [0.05, 0.1) is 24.4 Å². The standard InChI is InChI=1S/2C5H12O2.O.Ti/c2*1-4(6)3-5(2)7;;/h2*4-7H,3H2,1-2H3;;. The van der Waals surface area contributed by atoms with Gasteiger partial charge in [-0.3, -0.25) is 0 Å². The number of hydrogen-bond donors (Lipinski definition) is 4. The van der Waals surface area contributed by atoms with Gasteiger partial charge < -0.3 is 20.4 Å². The van der Waals surface area contributed by atoms with E-state index < -0.39 is 0 Å². The van der Waals surface area contributed by atoms with Crippen LogP contribution >= 0.6 is 0 Å². The molecule has 0 bridgehead atoms. The molecule has 0 aliphatic heterocycles. The van der Waals surface area contributed by atoms with Crippen LogP contribution in [-0.2, 0) is 23.7 Å². The molecular weight excluding hydrogens is 248 g/mol. The molecule has 4 unspecified atom stereocenters. The summed E-state index contributed by atoms with van der Waals surface area (Å²) < 4.78 is 8.25. The van der Waals surface area contributed by atoms with E-state index in [1.54, 1.807) is 27.7 Å². The Balaban J connectivity index is -0.000000183. The Morgan fingerprint density at radius 2 is 0.812 bits per heavy atom. The Kier molecular flexibility index (Phi) is 20.7. The van der Waals surface area contributed by atoms with E-state index in [-0.39, 0.29) is 24.4 Å². The number of rotatable bonds is 4. The zero-order valence-electron chi connectivity index (χ0n) is 10.4. The van der Waals surface area contributed by atoms with E-state index in [9.17, 15) is 0 Å². The maximum atomic E-state index is 8.56. The molecule has 5 nitrogen and oxygen atoms in total. The Morgan fingerprint density at radius 1 is 0.688 bits per heavy atom. The van der Waals surface area contributed by atoms with Gasteiger partial charge in [0.15, 0.2) is 0 Å². The second kappa shape index (κ2) is 15.4. The van der Waals surface area contributed by atoms with Gasteiger partial charge in [-0.1, -0.05) is 0 Å². The summed E-state index contributed by atoms with van der Waals surface area (Å²) >= 11 is 0.750. The molecule has 0 saturated carbocycles. The van der Waals surface area contributed by atoms with Crippen LogP contribution in [0.15, 0.2) is 0 Å². The molecule has 0 aliphatic rings. The third-order valence-electron chi connectivity index (χ3n) is 1.36. The van der Waals surface area contributed by atoms with E-state index in [0.29, 0.717) is 12.8 Å². The van der Waals surface area contributed by atoms with Crippen molar-refractivity contribution in [2.75, 3.05) is 0 Å². The van der Waals surface area contributed by atoms with Crippen LogP contribution < -0.4 is 0 Å². The molecule has 0 spiro atoms. The Morgan fingerprint density at radius 3 is 0.812 bits per heavy atom. The van der Waals surface area contributed by atoms with Crippen molar-refractivity contribution in [3.63, 3.8) is 0 Å². The average Bonchev–Trinajstić information content (AvgIpc) is 2.03. The summed E-state index contributed by atoms with van der Waals surface area (Å²) in [5.74, 6) is 0. The van der Waals surface area contributed by atoms with Crippen LogP contribution in [0.4, 0.5) is 0 Å². The summed E-state index contributed by atoms with van der Waals surface area (Å²) in [6, 6.07) is 0. The first kappa shape index (κ1) is 21.6. The van der Waals surface area contributed by atoms with Crippen molar-refractivity contribution in [3.05, 3.63) is 0 Å². The molecule has 0 rings (SSSR count). The van der Waals surface area contributed by atoms with Crippen molar-refractivity contribution >= 4 is 0 Å². The van der Waals surface area contributed by atoms with Gasteiger partial charge in [-0.25, -0.2) is 0 Å². The van der Waals surface area contributed by atoms with E-state index in [0.717, 1.165) is 20.4 Å². The summed E-state index contributed by atoms with van der Waals surface area (Å²) in [7, 11) is 0.